The highest BCUT2D eigenvalue weighted by atomic mass is 35.6. The lowest BCUT2D eigenvalue weighted by atomic mass is 10.2. The van der Waals surface area contributed by atoms with Gasteiger partial charge in [-0.3, -0.25) is 4.98 Å². The first-order chi connectivity index (χ1) is 5.58. The summed E-state index contributed by atoms with van der Waals surface area (Å²) < 4.78 is 0. The number of halogens is 1. The molecule has 0 bridgehead atoms. The molecule has 66 valence electrons. The van der Waals surface area contributed by atoms with E-state index < -0.39 is 7.38 Å². The standard InChI is InChI=1S/C9H14ClNSi/c1-12(2,10)8-5-9-3-6-11-7-4-9/h3-4,6-7H,5,8H2,1-2H3. The van der Waals surface area contributed by atoms with Gasteiger partial charge in [0.2, 0.25) is 0 Å². The lowest BCUT2D eigenvalue weighted by molar-refractivity contribution is 1.09. The average Bonchev–Trinajstić information content (AvgIpc) is 2.02. The maximum absolute atomic E-state index is 6.21. The summed E-state index contributed by atoms with van der Waals surface area (Å²) in [5.74, 6) is 0. The molecule has 0 fully saturated rings. The molecule has 3 heteroatoms. The highest BCUT2D eigenvalue weighted by Gasteiger charge is 2.15. The van der Waals surface area contributed by atoms with Gasteiger partial charge < -0.3 is 0 Å². The Hall–Kier alpha value is -0.343. The van der Waals surface area contributed by atoms with Crippen molar-refractivity contribution in [3.63, 3.8) is 0 Å². The molecule has 1 rings (SSSR count). The van der Waals surface area contributed by atoms with Crippen LogP contribution >= 0.6 is 11.1 Å². The summed E-state index contributed by atoms with van der Waals surface area (Å²) in [6.45, 7) is 4.35. The van der Waals surface area contributed by atoms with Gasteiger partial charge in [0.05, 0.1) is 0 Å². The van der Waals surface area contributed by atoms with Gasteiger partial charge in [-0.25, -0.2) is 0 Å². The number of pyridine rings is 1. The van der Waals surface area contributed by atoms with E-state index in [1.165, 1.54) is 5.56 Å². The van der Waals surface area contributed by atoms with E-state index in [0.29, 0.717) is 0 Å². The molecular formula is C9H14ClNSi. The van der Waals surface area contributed by atoms with Gasteiger partial charge >= 0.3 is 0 Å². The molecule has 0 saturated carbocycles. The van der Waals surface area contributed by atoms with Gasteiger partial charge in [0.25, 0.3) is 0 Å². The quantitative estimate of drug-likeness (QED) is 0.539. The van der Waals surface area contributed by atoms with Crippen molar-refractivity contribution in [1.82, 2.24) is 4.98 Å². The van der Waals surface area contributed by atoms with Crippen molar-refractivity contribution in [1.29, 1.82) is 0 Å². The molecule has 0 N–H and O–H groups in total. The lowest BCUT2D eigenvalue weighted by Crippen LogP contribution is -2.16. The zero-order chi connectivity index (χ0) is 9.03. The molecule has 0 amide bonds. The Morgan fingerprint density at radius 3 is 2.42 bits per heavy atom. The third-order valence-corrected chi connectivity index (χ3v) is 3.76. The Kier molecular flexibility index (Phi) is 3.29. The first kappa shape index (κ1) is 9.74. The van der Waals surface area contributed by atoms with Crippen LogP contribution in [0.1, 0.15) is 5.56 Å². The van der Waals surface area contributed by atoms with E-state index in [2.05, 4.69) is 30.2 Å². The van der Waals surface area contributed by atoms with Crippen LogP contribution in [0.3, 0.4) is 0 Å². The van der Waals surface area contributed by atoms with Crippen molar-refractivity contribution in [2.45, 2.75) is 25.6 Å². The van der Waals surface area contributed by atoms with Gasteiger partial charge in [-0.1, -0.05) is 13.1 Å². The smallest absolute Gasteiger partial charge is 0.150 e. The van der Waals surface area contributed by atoms with Crippen LogP contribution in [0, 0.1) is 0 Å². The first-order valence-corrected chi connectivity index (χ1v) is 8.38. The van der Waals surface area contributed by atoms with E-state index in [1.54, 1.807) is 0 Å². The zero-order valence-corrected chi connectivity index (χ0v) is 9.30. The first-order valence-electron chi connectivity index (χ1n) is 4.16. The number of aromatic nitrogens is 1. The van der Waals surface area contributed by atoms with Crippen LogP contribution in [0.5, 0.6) is 0 Å². The third-order valence-electron chi connectivity index (χ3n) is 1.76. The summed E-state index contributed by atoms with van der Waals surface area (Å²) >= 11 is 6.21. The van der Waals surface area contributed by atoms with Crippen molar-refractivity contribution in [3.05, 3.63) is 30.1 Å². The topological polar surface area (TPSA) is 12.9 Å². The predicted molar refractivity (Wildman–Crippen MR) is 56.1 cm³/mol. The van der Waals surface area contributed by atoms with E-state index >= 15 is 0 Å². The molecule has 0 atom stereocenters. The summed E-state index contributed by atoms with van der Waals surface area (Å²) in [6.07, 6.45) is 4.75. The maximum atomic E-state index is 6.21. The second-order valence-electron chi connectivity index (χ2n) is 3.57. The normalized spacial score (nSPS) is 11.6. The summed E-state index contributed by atoms with van der Waals surface area (Å²) in [6, 6.07) is 5.24. The maximum Gasteiger partial charge on any atom is 0.150 e. The van der Waals surface area contributed by atoms with Gasteiger partial charge in [-0.15, -0.1) is 0 Å². The minimum absolute atomic E-state index is 1.09. The van der Waals surface area contributed by atoms with E-state index in [-0.39, 0.29) is 0 Å². The van der Waals surface area contributed by atoms with Crippen molar-refractivity contribution < 1.29 is 0 Å². The number of hydrogen-bond acceptors (Lipinski definition) is 1. The largest absolute Gasteiger partial charge is 0.265 e. The van der Waals surface area contributed by atoms with Crippen LogP contribution in [0.15, 0.2) is 24.5 Å². The summed E-state index contributed by atoms with van der Waals surface area (Å²) in [7, 11) is -1.39. The van der Waals surface area contributed by atoms with Crippen LogP contribution in [0.2, 0.25) is 19.1 Å². The number of hydrogen-bond donors (Lipinski definition) is 0. The fourth-order valence-electron chi connectivity index (χ4n) is 0.991. The molecule has 0 aliphatic carbocycles. The highest BCUT2D eigenvalue weighted by Crippen LogP contribution is 2.17. The van der Waals surface area contributed by atoms with Crippen LogP contribution in [0.4, 0.5) is 0 Å². The van der Waals surface area contributed by atoms with Gasteiger partial charge in [0, 0.05) is 12.4 Å². The molecule has 0 aliphatic heterocycles. The second kappa shape index (κ2) is 4.05. The van der Waals surface area contributed by atoms with Gasteiger partial charge in [0.15, 0.2) is 7.38 Å². The molecule has 0 spiro atoms. The van der Waals surface area contributed by atoms with Crippen LogP contribution in [0.25, 0.3) is 0 Å². The van der Waals surface area contributed by atoms with Crippen LogP contribution in [-0.4, -0.2) is 12.4 Å². The molecule has 12 heavy (non-hydrogen) atoms. The van der Waals surface area contributed by atoms with Gasteiger partial charge in [-0.2, -0.15) is 11.1 Å². The number of aryl methyl sites for hydroxylation is 1. The zero-order valence-electron chi connectivity index (χ0n) is 7.55. The fraction of sp³-hybridized carbons (Fsp3) is 0.444. The third kappa shape index (κ3) is 3.88. The van der Waals surface area contributed by atoms with Crippen LogP contribution in [-0.2, 0) is 6.42 Å². The minimum atomic E-state index is -1.39. The lowest BCUT2D eigenvalue weighted by Gasteiger charge is -2.11. The molecule has 0 radical (unpaired) electrons. The van der Waals surface area contributed by atoms with E-state index in [1.807, 2.05) is 12.4 Å². The van der Waals surface area contributed by atoms with Crippen LogP contribution < -0.4 is 0 Å². The van der Waals surface area contributed by atoms with Crippen molar-refractivity contribution in [3.8, 4) is 0 Å². The van der Waals surface area contributed by atoms with Crippen molar-refractivity contribution >= 4 is 18.5 Å². The predicted octanol–water partition coefficient (Wildman–Crippen LogP) is 3.07. The van der Waals surface area contributed by atoms with E-state index in [4.69, 9.17) is 11.1 Å². The Bertz CT molecular complexity index is 230. The molecule has 1 aromatic rings. The Balaban J connectivity index is 2.44. The van der Waals surface area contributed by atoms with Crippen molar-refractivity contribution in [2.75, 3.05) is 0 Å². The average molecular weight is 200 g/mol. The van der Waals surface area contributed by atoms with Gasteiger partial charge in [-0.05, 0) is 30.2 Å². The molecular weight excluding hydrogens is 186 g/mol. The summed E-state index contributed by atoms with van der Waals surface area (Å²) in [4.78, 5) is 3.97. The monoisotopic (exact) mass is 199 g/mol. The molecule has 1 aromatic heterocycles. The summed E-state index contributed by atoms with van der Waals surface area (Å²) in [5.41, 5.74) is 1.34. The molecule has 1 heterocycles. The fourth-order valence-corrected chi connectivity index (χ4v) is 2.16. The summed E-state index contributed by atoms with van der Waals surface area (Å²) in [5, 5.41) is 0. The minimum Gasteiger partial charge on any atom is -0.265 e. The molecule has 0 aliphatic rings. The van der Waals surface area contributed by atoms with E-state index in [9.17, 15) is 0 Å². The number of nitrogens with zero attached hydrogens (tertiary/aromatic N) is 1. The second-order valence-corrected chi connectivity index (χ2v) is 10.6. The Labute approximate surface area is 79.5 Å². The number of rotatable bonds is 3. The molecule has 1 nitrogen and oxygen atoms in total. The molecule has 0 unspecified atom stereocenters. The molecule has 0 aromatic carbocycles. The van der Waals surface area contributed by atoms with Gasteiger partial charge in [0.1, 0.15) is 0 Å². The Morgan fingerprint density at radius 1 is 1.33 bits per heavy atom. The highest BCUT2D eigenvalue weighted by molar-refractivity contribution is 7.19. The SMILES string of the molecule is C[Si](C)(Cl)CCc1ccncc1. The van der Waals surface area contributed by atoms with E-state index in [0.717, 1.165) is 12.5 Å². The Morgan fingerprint density at radius 2 is 1.92 bits per heavy atom. The van der Waals surface area contributed by atoms with Crippen molar-refractivity contribution in [2.24, 2.45) is 0 Å². The molecule has 0 saturated heterocycles.